The Kier molecular flexibility index (Phi) is 3.72. The van der Waals surface area contributed by atoms with Crippen molar-refractivity contribution < 1.29 is 4.74 Å². The van der Waals surface area contributed by atoms with Crippen molar-refractivity contribution >= 4 is 28.9 Å². The maximum absolute atomic E-state index is 6.14. The van der Waals surface area contributed by atoms with Crippen LogP contribution in [0, 0.1) is 6.92 Å². The summed E-state index contributed by atoms with van der Waals surface area (Å²) in [5.74, 6) is 1.21. The maximum atomic E-state index is 6.14. The molecule has 2 aromatic heterocycles. The summed E-state index contributed by atoms with van der Waals surface area (Å²) in [4.78, 5) is 8.25. The van der Waals surface area contributed by atoms with Crippen LogP contribution >= 0.6 is 11.6 Å². The largest absolute Gasteiger partial charge is 0.380 e. The first-order valence-electron chi connectivity index (χ1n) is 6.40. The molecular formula is C14H14ClN5O. The van der Waals surface area contributed by atoms with E-state index in [1.54, 1.807) is 11.6 Å². The van der Waals surface area contributed by atoms with E-state index < -0.39 is 0 Å². The van der Waals surface area contributed by atoms with Crippen molar-refractivity contribution in [3.63, 3.8) is 0 Å². The molecule has 0 radical (unpaired) electrons. The fourth-order valence-corrected chi connectivity index (χ4v) is 2.25. The zero-order valence-electron chi connectivity index (χ0n) is 11.7. The molecule has 7 heteroatoms. The number of benzene rings is 1. The van der Waals surface area contributed by atoms with Gasteiger partial charge in [0, 0.05) is 18.4 Å². The molecule has 0 aliphatic carbocycles. The van der Waals surface area contributed by atoms with E-state index in [9.17, 15) is 0 Å². The van der Waals surface area contributed by atoms with Crippen LogP contribution < -0.4 is 5.32 Å². The number of anilines is 2. The van der Waals surface area contributed by atoms with Gasteiger partial charge in [-0.3, -0.25) is 0 Å². The van der Waals surface area contributed by atoms with Crippen molar-refractivity contribution in [3.8, 4) is 0 Å². The molecule has 3 rings (SSSR count). The van der Waals surface area contributed by atoms with Crippen LogP contribution in [-0.2, 0) is 11.3 Å². The van der Waals surface area contributed by atoms with E-state index >= 15 is 0 Å². The smallest absolute Gasteiger partial charge is 0.255 e. The number of fused-ring (bicyclic) bond motifs is 1. The van der Waals surface area contributed by atoms with E-state index in [1.807, 2.05) is 31.2 Å². The molecule has 0 amide bonds. The molecule has 21 heavy (non-hydrogen) atoms. The van der Waals surface area contributed by atoms with Crippen LogP contribution in [-0.4, -0.2) is 26.7 Å². The monoisotopic (exact) mass is 303 g/mol. The average molecular weight is 304 g/mol. The summed E-state index contributed by atoms with van der Waals surface area (Å²) < 4.78 is 6.78. The van der Waals surface area contributed by atoms with Gasteiger partial charge in [0.05, 0.1) is 6.61 Å². The Balaban J connectivity index is 2.03. The molecule has 2 heterocycles. The standard InChI is InChI=1S/C14H14ClN5O/c1-9-12(15)19-14-16-8-17-20(14)13(9)18-11-5-3-4-10(6-11)7-21-2/h3-6,8,18H,7H2,1-2H3. The minimum Gasteiger partial charge on any atom is -0.380 e. The molecular weight excluding hydrogens is 290 g/mol. The molecule has 0 aliphatic rings. The summed E-state index contributed by atoms with van der Waals surface area (Å²) in [5.41, 5.74) is 2.81. The van der Waals surface area contributed by atoms with Crippen LogP contribution in [0.15, 0.2) is 30.6 Å². The van der Waals surface area contributed by atoms with Crippen LogP contribution in [0.5, 0.6) is 0 Å². The molecule has 0 aliphatic heterocycles. The highest BCUT2D eigenvalue weighted by Crippen LogP contribution is 2.25. The van der Waals surface area contributed by atoms with Gasteiger partial charge in [-0.05, 0) is 24.6 Å². The number of halogens is 1. The quantitative estimate of drug-likeness (QED) is 0.751. The highest BCUT2D eigenvalue weighted by Gasteiger charge is 2.12. The van der Waals surface area contributed by atoms with Crippen LogP contribution in [0.4, 0.5) is 11.5 Å². The third-order valence-electron chi connectivity index (χ3n) is 3.11. The van der Waals surface area contributed by atoms with E-state index in [1.165, 1.54) is 6.33 Å². The van der Waals surface area contributed by atoms with E-state index in [4.69, 9.17) is 16.3 Å². The van der Waals surface area contributed by atoms with Crippen molar-refractivity contribution in [3.05, 3.63) is 46.9 Å². The van der Waals surface area contributed by atoms with Gasteiger partial charge in [-0.1, -0.05) is 23.7 Å². The van der Waals surface area contributed by atoms with Gasteiger partial charge in [-0.2, -0.15) is 19.6 Å². The molecule has 1 N–H and O–H groups in total. The number of rotatable bonds is 4. The Morgan fingerprint density at radius 3 is 3.05 bits per heavy atom. The summed E-state index contributed by atoms with van der Waals surface area (Å²) in [5, 5.41) is 7.90. The molecule has 108 valence electrons. The van der Waals surface area contributed by atoms with Gasteiger partial charge in [-0.15, -0.1) is 0 Å². The van der Waals surface area contributed by atoms with Gasteiger partial charge < -0.3 is 10.1 Å². The number of hydrogen-bond donors (Lipinski definition) is 1. The second-order valence-electron chi connectivity index (χ2n) is 4.61. The topological polar surface area (TPSA) is 64.3 Å². The fourth-order valence-electron chi connectivity index (χ4n) is 2.09. The second-order valence-corrected chi connectivity index (χ2v) is 4.96. The zero-order chi connectivity index (χ0) is 14.8. The molecule has 0 saturated carbocycles. The van der Waals surface area contributed by atoms with Crippen molar-refractivity contribution in [1.29, 1.82) is 0 Å². The molecule has 1 aromatic carbocycles. The lowest BCUT2D eigenvalue weighted by Gasteiger charge is -2.12. The predicted octanol–water partition coefficient (Wildman–Crippen LogP) is 2.98. The molecule has 3 aromatic rings. The van der Waals surface area contributed by atoms with Gasteiger partial charge in [0.25, 0.3) is 5.78 Å². The number of methoxy groups -OCH3 is 1. The molecule has 0 saturated heterocycles. The summed E-state index contributed by atoms with van der Waals surface area (Å²) in [6.45, 7) is 2.45. The van der Waals surface area contributed by atoms with Crippen molar-refractivity contribution in [1.82, 2.24) is 19.6 Å². The Hall–Kier alpha value is -2.18. The van der Waals surface area contributed by atoms with E-state index in [-0.39, 0.29) is 0 Å². The lowest BCUT2D eigenvalue weighted by atomic mass is 10.2. The van der Waals surface area contributed by atoms with E-state index in [2.05, 4.69) is 20.4 Å². The summed E-state index contributed by atoms with van der Waals surface area (Å²) >= 11 is 6.14. The Bertz CT molecular complexity index is 786. The highest BCUT2D eigenvalue weighted by atomic mass is 35.5. The van der Waals surface area contributed by atoms with Crippen molar-refractivity contribution in [2.75, 3.05) is 12.4 Å². The van der Waals surface area contributed by atoms with Crippen LogP contribution in [0.1, 0.15) is 11.1 Å². The minimum atomic E-state index is 0.408. The average Bonchev–Trinajstić information content (AvgIpc) is 2.92. The predicted molar refractivity (Wildman–Crippen MR) is 81.0 cm³/mol. The molecule has 0 bridgehead atoms. The van der Waals surface area contributed by atoms with Gasteiger partial charge >= 0.3 is 0 Å². The van der Waals surface area contributed by atoms with Gasteiger partial charge in [-0.25, -0.2) is 0 Å². The van der Waals surface area contributed by atoms with Gasteiger partial charge in [0.15, 0.2) is 0 Å². The number of aromatic nitrogens is 4. The first-order valence-corrected chi connectivity index (χ1v) is 6.77. The lowest BCUT2D eigenvalue weighted by Crippen LogP contribution is -2.05. The Morgan fingerprint density at radius 2 is 2.24 bits per heavy atom. The molecule has 0 fully saturated rings. The maximum Gasteiger partial charge on any atom is 0.255 e. The third kappa shape index (κ3) is 2.68. The molecule has 0 atom stereocenters. The second kappa shape index (κ2) is 5.67. The van der Waals surface area contributed by atoms with Crippen LogP contribution in [0.25, 0.3) is 5.78 Å². The Labute approximate surface area is 126 Å². The SMILES string of the molecule is COCc1cccc(Nc2c(C)c(Cl)nc3ncnn23)c1. The molecule has 0 spiro atoms. The zero-order valence-corrected chi connectivity index (χ0v) is 12.4. The number of hydrogen-bond acceptors (Lipinski definition) is 5. The highest BCUT2D eigenvalue weighted by molar-refractivity contribution is 6.30. The Morgan fingerprint density at radius 1 is 1.38 bits per heavy atom. The minimum absolute atomic E-state index is 0.408. The lowest BCUT2D eigenvalue weighted by molar-refractivity contribution is 0.185. The summed E-state index contributed by atoms with van der Waals surface area (Å²) in [7, 11) is 1.67. The van der Waals surface area contributed by atoms with E-state index in [0.717, 1.165) is 22.6 Å². The normalized spacial score (nSPS) is 11.0. The number of nitrogens with zero attached hydrogens (tertiary/aromatic N) is 4. The third-order valence-corrected chi connectivity index (χ3v) is 3.47. The van der Waals surface area contributed by atoms with E-state index in [0.29, 0.717) is 17.5 Å². The first-order chi connectivity index (χ1) is 10.2. The molecule has 6 nitrogen and oxygen atoms in total. The van der Waals surface area contributed by atoms with Gasteiger partial charge in [0.2, 0.25) is 0 Å². The van der Waals surface area contributed by atoms with Gasteiger partial charge in [0.1, 0.15) is 17.3 Å². The van der Waals surface area contributed by atoms with Crippen LogP contribution in [0.3, 0.4) is 0 Å². The summed E-state index contributed by atoms with van der Waals surface area (Å²) in [6.07, 6.45) is 1.45. The number of nitrogens with one attached hydrogen (secondary N) is 1. The summed E-state index contributed by atoms with van der Waals surface area (Å²) in [6, 6.07) is 7.95. The fraction of sp³-hybridized carbons (Fsp3) is 0.214. The van der Waals surface area contributed by atoms with Crippen molar-refractivity contribution in [2.24, 2.45) is 0 Å². The van der Waals surface area contributed by atoms with Crippen molar-refractivity contribution in [2.45, 2.75) is 13.5 Å². The molecule has 0 unspecified atom stereocenters. The van der Waals surface area contributed by atoms with Crippen LogP contribution in [0.2, 0.25) is 5.15 Å². The first kappa shape index (κ1) is 13.8. The number of ether oxygens (including phenoxy) is 1.